The minimum absolute atomic E-state index is 0.00161. The quantitative estimate of drug-likeness (QED) is 0.428. The van der Waals surface area contributed by atoms with E-state index in [0.717, 1.165) is 67.4 Å². The van der Waals surface area contributed by atoms with Crippen LogP contribution in [0.3, 0.4) is 0 Å². The molecule has 0 bridgehead atoms. The van der Waals surface area contributed by atoms with Crippen molar-refractivity contribution in [2.45, 2.75) is 57.0 Å². The van der Waals surface area contributed by atoms with Crippen LogP contribution in [-0.2, 0) is 19.3 Å². The number of nitrogens with zero attached hydrogens (tertiary/aromatic N) is 3. The normalized spacial score (nSPS) is 21.2. The molecular weight excluding hydrogens is 451 g/mol. The van der Waals surface area contributed by atoms with Gasteiger partial charge in [-0.3, -0.25) is 9.47 Å². The summed E-state index contributed by atoms with van der Waals surface area (Å²) in [5.41, 5.74) is 2.86. The summed E-state index contributed by atoms with van der Waals surface area (Å²) >= 11 is 6.27. The van der Waals surface area contributed by atoms with Crippen LogP contribution in [0.4, 0.5) is 13.2 Å². The highest BCUT2D eigenvalue weighted by Gasteiger charge is 2.31. The van der Waals surface area contributed by atoms with Crippen molar-refractivity contribution in [3.05, 3.63) is 76.3 Å². The molecule has 2 heterocycles. The Morgan fingerprint density at radius 2 is 1.73 bits per heavy atom. The highest BCUT2D eigenvalue weighted by molar-refractivity contribution is 6.30. The van der Waals surface area contributed by atoms with E-state index in [1.807, 2.05) is 18.3 Å². The average Bonchev–Trinajstić information content (AvgIpc) is 3.11. The Hall–Kier alpha value is -2.51. The van der Waals surface area contributed by atoms with E-state index in [0.29, 0.717) is 11.7 Å². The minimum Gasteiger partial charge on any atom is -0.490 e. The van der Waals surface area contributed by atoms with E-state index in [1.54, 1.807) is 0 Å². The molecule has 3 aromatic rings. The van der Waals surface area contributed by atoms with Crippen molar-refractivity contribution in [1.29, 1.82) is 0 Å². The molecule has 174 valence electrons. The first-order valence-electron chi connectivity index (χ1n) is 11.2. The monoisotopic (exact) mass is 475 g/mol. The topological polar surface area (TPSA) is 30.3 Å². The number of ether oxygens (including phenoxy) is 1. The molecule has 0 amide bonds. The van der Waals surface area contributed by atoms with Gasteiger partial charge in [0.15, 0.2) is 0 Å². The second-order valence-corrected chi connectivity index (χ2v) is 9.43. The first-order valence-corrected chi connectivity index (χ1v) is 11.5. The summed E-state index contributed by atoms with van der Waals surface area (Å²) in [6, 6.07) is 11.0. The third kappa shape index (κ3) is 4.62. The van der Waals surface area contributed by atoms with Crippen LogP contribution >= 0.6 is 11.6 Å². The van der Waals surface area contributed by atoms with Crippen molar-refractivity contribution < 1.29 is 17.9 Å². The molecule has 0 saturated heterocycles. The van der Waals surface area contributed by atoms with Gasteiger partial charge in [-0.2, -0.15) is 13.2 Å². The summed E-state index contributed by atoms with van der Waals surface area (Å²) in [4.78, 5) is 6.98. The highest BCUT2D eigenvalue weighted by atomic mass is 35.5. The molecule has 0 N–H and O–H groups in total. The summed E-state index contributed by atoms with van der Waals surface area (Å²) in [7, 11) is 2.08. The number of rotatable bonds is 3. The minimum atomic E-state index is -4.33. The Morgan fingerprint density at radius 1 is 1.00 bits per heavy atom. The number of hydrogen-bond donors (Lipinski definition) is 0. The molecule has 1 aliphatic heterocycles. The Bertz CT molecular complexity index is 1130. The zero-order chi connectivity index (χ0) is 23.2. The first-order chi connectivity index (χ1) is 15.8. The standard InChI is InChI=1S/C25H25ClF3N3O/c1-31-14-17-12-19(26)6-11-22(17)32-23(13-30-24(32)15-31)16-2-7-20(8-3-16)33-21-9-4-18(5-10-21)25(27,28)29/h4-6,9-13,16,20H,2-3,7-8,14-15H2,1H3. The molecule has 0 unspecified atom stereocenters. The molecule has 33 heavy (non-hydrogen) atoms. The van der Waals surface area contributed by atoms with Crippen LogP contribution in [0.15, 0.2) is 48.7 Å². The molecule has 1 saturated carbocycles. The summed E-state index contributed by atoms with van der Waals surface area (Å²) in [5, 5.41) is 0.730. The predicted octanol–water partition coefficient (Wildman–Crippen LogP) is 6.60. The summed E-state index contributed by atoms with van der Waals surface area (Å²) in [5.74, 6) is 1.86. The van der Waals surface area contributed by atoms with Gasteiger partial charge in [-0.1, -0.05) is 11.6 Å². The Kier molecular flexibility index (Phi) is 5.87. The van der Waals surface area contributed by atoms with Crippen LogP contribution < -0.4 is 4.74 Å². The van der Waals surface area contributed by atoms with E-state index in [9.17, 15) is 13.2 Å². The first kappa shape index (κ1) is 22.3. The molecular formula is C25H25ClF3N3O. The Morgan fingerprint density at radius 3 is 2.42 bits per heavy atom. The molecule has 0 spiro atoms. The lowest BCUT2D eigenvalue weighted by molar-refractivity contribution is -0.137. The molecule has 2 aromatic carbocycles. The average molecular weight is 476 g/mol. The lowest BCUT2D eigenvalue weighted by atomic mass is 9.85. The second kappa shape index (κ2) is 8.69. The zero-order valence-corrected chi connectivity index (χ0v) is 19.0. The third-order valence-corrected chi connectivity index (χ3v) is 6.81. The Labute approximate surface area is 195 Å². The van der Waals surface area contributed by atoms with Gasteiger partial charge in [0.05, 0.1) is 23.9 Å². The SMILES string of the molecule is CN1Cc2cc(Cl)ccc2-n2c(C3CCC(Oc4ccc(C(F)(F)F)cc4)CC3)cnc2C1. The molecule has 1 aliphatic carbocycles. The molecule has 1 aromatic heterocycles. The van der Waals surface area contributed by atoms with Gasteiger partial charge in [-0.25, -0.2) is 4.98 Å². The third-order valence-electron chi connectivity index (χ3n) is 6.57. The molecule has 1 fully saturated rings. The summed E-state index contributed by atoms with van der Waals surface area (Å²) in [6.07, 6.45) is 1.23. The fraction of sp³-hybridized carbons (Fsp3) is 0.400. The van der Waals surface area contributed by atoms with Gasteiger partial charge < -0.3 is 4.74 Å². The fourth-order valence-electron chi connectivity index (χ4n) is 4.96. The van der Waals surface area contributed by atoms with Crippen molar-refractivity contribution in [3.63, 3.8) is 0 Å². The maximum Gasteiger partial charge on any atom is 0.416 e. The van der Waals surface area contributed by atoms with Gasteiger partial charge in [0.25, 0.3) is 0 Å². The van der Waals surface area contributed by atoms with E-state index in [1.165, 1.54) is 23.4 Å². The van der Waals surface area contributed by atoms with E-state index < -0.39 is 11.7 Å². The van der Waals surface area contributed by atoms with Gasteiger partial charge in [-0.15, -0.1) is 0 Å². The van der Waals surface area contributed by atoms with Crippen LogP contribution in [0.5, 0.6) is 5.75 Å². The number of fused-ring (bicyclic) bond motifs is 3. The smallest absolute Gasteiger partial charge is 0.416 e. The van der Waals surface area contributed by atoms with Gasteiger partial charge in [0, 0.05) is 29.4 Å². The van der Waals surface area contributed by atoms with Gasteiger partial charge >= 0.3 is 6.18 Å². The number of imidazole rings is 1. The number of alkyl halides is 3. The lowest BCUT2D eigenvalue weighted by Gasteiger charge is -2.30. The van der Waals surface area contributed by atoms with Gasteiger partial charge in [0.2, 0.25) is 0 Å². The maximum absolute atomic E-state index is 12.8. The van der Waals surface area contributed by atoms with Crippen LogP contribution in [-0.4, -0.2) is 27.6 Å². The molecule has 5 rings (SSSR count). The molecule has 4 nitrogen and oxygen atoms in total. The maximum atomic E-state index is 12.8. The van der Waals surface area contributed by atoms with Crippen LogP contribution in [0, 0.1) is 0 Å². The van der Waals surface area contributed by atoms with Crippen LogP contribution in [0.1, 0.15) is 54.2 Å². The molecule has 8 heteroatoms. The van der Waals surface area contributed by atoms with Gasteiger partial charge in [-0.05, 0) is 80.8 Å². The predicted molar refractivity (Wildman–Crippen MR) is 121 cm³/mol. The van der Waals surface area contributed by atoms with Crippen molar-refractivity contribution in [3.8, 4) is 11.4 Å². The molecule has 0 atom stereocenters. The van der Waals surface area contributed by atoms with Crippen molar-refractivity contribution in [2.75, 3.05) is 7.05 Å². The molecule has 0 radical (unpaired) electrons. The van der Waals surface area contributed by atoms with Crippen molar-refractivity contribution in [2.24, 2.45) is 0 Å². The zero-order valence-electron chi connectivity index (χ0n) is 18.3. The Balaban J connectivity index is 1.31. The summed E-state index contributed by atoms with van der Waals surface area (Å²) in [6.45, 7) is 1.57. The van der Waals surface area contributed by atoms with E-state index in [2.05, 4.69) is 22.6 Å². The van der Waals surface area contributed by atoms with Gasteiger partial charge in [0.1, 0.15) is 11.6 Å². The number of benzene rings is 2. The van der Waals surface area contributed by atoms with E-state index in [4.69, 9.17) is 21.3 Å². The number of aromatic nitrogens is 2. The van der Waals surface area contributed by atoms with Crippen molar-refractivity contribution >= 4 is 11.6 Å². The second-order valence-electron chi connectivity index (χ2n) is 8.99. The van der Waals surface area contributed by atoms with E-state index >= 15 is 0 Å². The number of hydrogen-bond acceptors (Lipinski definition) is 3. The van der Waals surface area contributed by atoms with E-state index in [-0.39, 0.29) is 6.10 Å². The largest absolute Gasteiger partial charge is 0.490 e. The fourth-order valence-corrected chi connectivity index (χ4v) is 5.16. The van der Waals surface area contributed by atoms with Crippen LogP contribution in [0.2, 0.25) is 5.02 Å². The summed E-state index contributed by atoms with van der Waals surface area (Å²) < 4.78 is 46.6. The van der Waals surface area contributed by atoms with Crippen LogP contribution in [0.25, 0.3) is 5.69 Å². The highest BCUT2D eigenvalue weighted by Crippen LogP contribution is 2.38. The lowest BCUT2D eigenvalue weighted by Crippen LogP contribution is -2.24. The number of halogens is 4. The van der Waals surface area contributed by atoms with Crippen molar-refractivity contribution in [1.82, 2.24) is 14.5 Å². The molecule has 2 aliphatic rings.